The molecule has 2 aromatic rings. The monoisotopic (exact) mass is 215 g/mol. The predicted molar refractivity (Wildman–Crippen MR) is 58.9 cm³/mol. The van der Waals surface area contributed by atoms with Crippen LogP contribution in [0.5, 0.6) is 0 Å². The Bertz CT molecular complexity index is 467. The van der Waals surface area contributed by atoms with Crippen LogP contribution in [0.25, 0.3) is 0 Å². The lowest BCUT2D eigenvalue weighted by molar-refractivity contribution is 0.212. The second kappa shape index (κ2) is 3.36. The Kier molecular flexibility index (Phi) is 2.01. The average Bonchev–Trinajstić information content (AvgIpc) is 2.30. The molecule has 0 bridgehead atoms. The molecule has 2 heterocycles. The summed E-state index contributed by atoms with van der Waals surface area (Å²) in [5.41, 5.74) is 1.88. The maximum atomic E-state index is 10.2. The lowest BCUT2D eigenvalue weighted by atomic mass is 10.0. The fourth-order valence-electron chi connectivity index (χ4n) is 1.77. The van der Waals surface area contributed by atoms with E-state index in [1.807, 2.05) is 36.4 Å². The van der Waals surface area contributed by atoms with Gasteiger partial charge in [-0.1, -0.05) is 36.0 Å². The number of nitrogens with zero attached hydrogens (tertiary/aromatic N) is 1. The molecule has 0 radical (unpaired) electrons. The van der Waals surface area contributed by atoms with Crippen LogP contribution in [0.1, 0.15) is 17.2 Å². The highest BCUT2D eigenvalue weighted by Gasteiger charge is 2.24. The molecule has 0 amide bonds. The maximum absolute atomic E-state index is 10.2. The smallest absolute Gasteiger partial charge is 0.108 e. The summed E-state index contributed by atoms with van der Waals surface area (Å²) < 4.78 is 0. The lowest BCUT2D eigenvalue weighted by Crippen LogP contribution is -2.08. The summed E-state index contributed by atoms with van der Waals surface area (Å²) in [6.07, 6.45) is 1.22. The van der Waals surface area contributed by atoms with E-state index in [-0.39, 0.29) is 0 Å². The van der Waals surface area contributed by atoms with Crippen molar-refractivity contribution in [2.24, 2.45) is 0 Å². The standard InChI is InChI=1S/C12H9NOS/c14-11-8-4-1-2-6-10(8)15-12-9(11)5-3-7-13-12/h1-7,11,14H. The molecule has 3 rings (SSSR count). The molecule has 1 unspecified atom stereocenters. The molecule has 3 heteroatoms. The van der Waals surface area contributed by atoms with Crippen molar-refractivity contribution in [1.29, 1.82) is 0 Å². The molecule has 74 valence electrons. The van der Waals surface area contributed by atoms with Gasteiger partial charge in [-0.05, 0) is 17.7 Å². The first kappa shape index (κ1) is 8.95. The molecule has 0 saturated heterocycles. The van der Waals surface area contributed by atoms with Gasteiger partial charge in [-0.15, -0.1) is 0 Å². The molecule has 15 heavy (non-hydrogen) atoms. The number of rotatable bonds is 0. The highest BCUT2D eigenvalue weighted by Crippen LogP contribution is 2.42. The van der Waals surface area contributed by atoms with Crippen LogP contribution in [0, 0.1) is 0 Å². The van der Waals surface area contributed by atoms with Gasteiger partial charge in [0.15, 0.2) is 0 Å². The van der Waals surface area contributed by atoms with E-state index in [0.717, 1.165) is 21.0 Å². The first-order chi connectivity index (χ1) is 7.36. The van der Waals surface area contributed by atoms with Gasteiger partial charge in [0.2, 0.25) is 0 Å². The van der Waals surface area contributed by atoms with Crippen LogP contribution in [0.2, 0.25) is 0 Å². The van der Waals surface area contributed by atoms with Crippen molar-refractivity contribution in [2.45, 2.75) is 16.0 Å². The summed E-state index contributed by atoms with van der Waals surface area (Å²) in [6.45, 7) is 0. The van der Waals surface area contributed by atoms with E-state index < -0.39 is 6.10 Å². The van der Waals surface area contributed by atoms with Crippen LogP contribution in [0.3, 0.4) is 0 Å². The number of pyridine rings is 1. The Hall–Kier alpha value is -1.32. The summed E-state index contributed by atoms with van der Waals surface area (Å²) >= 11 is 1.62. The summed E-state index contributed by atoms with van der Waals surface area (Å²) in [4.78, 5) is 5.37. The van der Waals surface area contributed by atoms with Crippen LogP contribution in [0.4, 0.5) is 0 Å². The summed E-state index contributed by atoms with van der Waals surface area (Å²) in [5.74, 6) is 0. The number of aromatic nitrogens is 1. The molecule has 2 nitrogen and oxygen atoms in total. The van der Waals surface area contributed by atoms with Gasteiger partial charge in [0.25, 0.3) is 0 Å². The van der Waals surface area contributed by atoms with Crippen LogP contribution < -0.4 is 0 Å². The van der Waals surface area contributed by atoms with E-state index in [1.54, 1.807) is 18.0 Å². The van der Waals surface area contributed by atoms with Gasteiger partial charge in [0, 0.05) is 16.7 Å². The van der Waals surface area contributed by atoms with Crippen LogP contribution in [-0.2, 0) is 0 Å². The van der Waals surface area contributed by atoms with E-state index in [0.29, 0.717) is 0 Å². The topological polar surface area (TPSA) is 33.1 Å². The second-order valence-electron chi connectivity index (χ2n) is 3.44. The third-order valence-electron chi connectivity index (χ3n) is 2.52. The third-order valence-corrected chi connectivity index (χ3v) is 3.64. The minimum absolute atomic E-state index is 0.536. The second-order valence-corrected chi connectivity index (χ2v) is 4.47. The molecule has 1 aliphatic rings. The van der Waals surface area contributed by atoms with Crippen LogP contribution in [-0.4, -0.2) is 10.1 Å². The zero-order valence-corrected chi connectivity index (χ0v) is 8.74. The van der Waals surface area contributed by atoms with E-state index >= 15 is 0 Å². The zero-order chi connectivity index (χ0) is 10.3. The average molecular weight is 215 g/mol. The van der Waals surface area contributed by atoms with Crippen molar-refractivity contribution in [3.8, 4) is 0 Å². The maximum Gasteiger partial charge on any atom is 0.108 e. The highest BCUT2D eigenvalue weighted by atomic mass is 32.2. The SMILES string of the molecule is OC1c2ccccc2Sc2ncccc21. The Balaban J connectivity index is 2.20. The molecule has 1 atom stereocenters. The van der Waals surface area contributed by atoms with Crippen molar-refractivity contribution in [3.63, 3.8) is 0 Å². The van der Waals surface area contributed by atoms with Gasteiger partial charge < -0.3 is 5.11 Å². The Labute approximate surface area is 92.0 Å². The molecule has 0 spiro atoms. The minimum atomic E-state index is -0.536. The molecule has 1 aromatic heterocycles. The third kappa shape index (κ3) is 1.35. The number of hydrogen-bond donors (Lipinski definition) is 1. The minimum Gasteiger partial charge on any atom is -0.384 e. The first-order valence-electron chi connectivity index (χ1n) is 4.76. The van der Waals surface area contributed by atoms with Gasteiger partial charge >= 0.3 is 0 Å². The molecule has 1 aromatic carbocycles. The first-order valence-corrected chi connectivity index (χ1v) is 5.57. The van der Waals surface area contributed by atoms with Gasteiger partial charge in [-0.3, -0.25) is 0 Å². The van der Waals surface area contributed by atoms with Crippen molar-refractivity contribution < 1.29 is 5.11 Å². The predicted octanol–water partition coefficient (Wildman–Crippen LogP) is 2.63. The number of aliphatic hydroxyl groups excluding tert-OH is 1. The Morgan fingerprint density at radius 1 is 1.07 bits per heavy atom. The van der Waals surface area contributed by atoms with Crippen molar-refractivity contribution in [2.75, 3.05) is 0 Å². The van der Waals surface area contributed by atoms with Crippen molar-refractivity contribution in [3.05, 3.63) is 53.7 Å². The molecule has 0 aliphatic carbocycles. The lowest BCUT2D eigenvalue weighted by Gasteiger charge is -2.22. The number of aliphatic hydroxyl groups is 1. The number of benzene rings is 1. The summed E-state index contributed by atoms with van der Waals surface area (Å²) in [6, 6.07) is 11.7. The van der Waals surface area contributed by atoms with Crippen molar-refractivity contribution >= 4 is 11.8 Å². The molecule has 1 aliphatic heterocycles. The van der Waals surface area contributed by atoms with Gasteiger partial charge in [0.05, 0.1) is 0 Å². The van der Waals surface area contributed by atoms with Crippen LogP contribution >= 0.6 is 11.8 Å². The molecular formula is C12H9NOS. The summed E-state index contributed by atoms with van der Waals surface area (Å²) in [7, 11) is 0. The normalized spacial score (nSPS) is 18.1. The molecule has 0 saturated carbocycles. The van der Waals surface area contributed by atoms with E-state index in [2.05, 4.69) is 4.98 Å². The molecule has 1 N–H and O–H groups in total. The Morgan fingerprint density at radius 3 is 2.80 bits per heavy atom. The van der Waals surface area contributed by atoms with Gasteiger partial charge in [-0.25, -0.2) is 4.98 Å². The van der Waals surface area contributed by atoms with E-state index in [9.17, 15) is 5.11 Å². The zero-order valence-electron chi connectivity index (χ0n) is 7.92. The van der Waals surface area contributed by atoms with Gasteiger partial charge in [-0.2, -0.15) is 0 Å². The van der Waals surface area contributed by atoms with Crippen molar-refractivity contribution in [1.82, 2.24) is 4.98 Å². The largest absolute Gasteiger partial charge is 0.384 e. The fourth-order valence-corrected chi connectivity index (χ4v) is 2.83. The molecular weight excluding hydrogens is 206 g/mol. The molecule has 0 fully saturated rings. The van der Waals surface area contributed by atoms with Gasteiger partial charge in [0.1, 0.15) is 11.1 Å². The number of hydrogen-bond acceptors (Lipinski definition) is 3. The van der Waals surface area contributed by atoms with E-state index in [1.165, 1.54) is 0 Å². The number of fused-ring (bicyclic) bond motifs is 2. The fraction of sp³-hybridized carbons (Fsp3) is 0.0833. The Morgan fingerprint density at radius 2 is 1.87 bits per heavy atom. The quantitative estimate of drug-likeness (QED) is 0.733. The van der Waals surface area contributed by atoms with Crippen LogP contribution in [0.15, 0.2) is 52.5 Å². The highest BCUT2D eigenvalue weighted by molar-refractivity contribution is 7.99. The summed E-state index contributed by atoms with van der Waals surface area (Å²) in [5, 5.41) is 11.1. The van der Waals surface area contributed by atoms with E-state index in [4.69, 9.17) is 0 Å².